The monoisotopic (exact) mass is 284 g/mol. The van der Waals surface area contributed by atoms with Crippen LogP contribution in [0.2, 0.25) is 5.02 Å². The van der Waals surface area contributed by atoms with Gasteiger partial charge in [-0.1, -0.05) is 24.4 Å². The molecule has 2 rings (SSSR count). The minimum Gasteiger partial charge on any atom is -0.395 e. The number of nitrogens with two attached hydrogens (primary N) is 1. The van der Waals surface area contributed by atoms with Crippen LogP contribution in [0.3, 0.4) is 0 Å². The Morgan fingerprint density at radius 2 is 2.26 bits per heavy atom. The molecule has 1 aliphatic rings. The van der Waals surface area contributed by atoms with E-state index in [0.29, 0.717) is 17.4 Å². The highest BCUT2D eigenvalue weighted by Crippen LogP contribution is 2.22. The summed E-state index contributed by atoms with van der Waals surface area (Å²) >= 11 is 6.18. The number of nitrogens with one attached hydrogen (secondary N) is 1. The van der Waals surface area contributed by atoms with Crippen LogP contribution in [0.25, 0.3) is 0 Å². The van der Waals surface area contributed by atoms with Crippen LogP contribution in [-0.4, -0.2) is 34.2 Å². The normalized spacial score (nSPS) is 21.1. The van der Waals surface area contributed by atoms with Crippen LogP contribution in [0.1, 0.15) is 31.4 Å². The fraction of sp³-hybridized carbons (Fsp3) is 0.615. The topological polar surface area (TPSA) is 74.4 Å². The second-order valence-electron chi connectivity index (χ2n) is 4.93. The summed E-state index contributed by atoms with van der Waals surface area (Å²) in [5.74, 6) is 5.98. The first kappa shape index (κ1) is 14.5. The number of nitrogens with zero attached hydrogens (tertiary/aromatic N) is 2. The number of aliphatic hydroxyl groups is 1. The highest BCUT2D eigenvalue weighted by atomic mass is 35.5. The number of halogens is 1. The van der Waals surface area contributed by atoms with Crippen molar-refractivity contribution in [2.75, 3.05) is 18.6 Å². The zero-order chi connectivity index (χ0) is 13.7. The minimum atomic E-state index is 0.187. The molecule has 4 N–H and O–H groups in total. The Hall–Kier alpha value is -0.880. The first-order chi connectivity index (χ1) is 9.24. The quantitative estimate of drug-likeness (QED) is 0.580. The standard InChI is InChI=1S/C13H21ClN4O/c14-11-5-6-13(17-15)16-12(11)8-18-7-3-1-2-4-10(18)9-19/h5-6,10,19H,1-4,7-9,15H2,(H,16,17). The number of pyridine rings is 1. The van der Waals surface area contributed by atoms with E-state index >= 15 is 0 Å². The second-order valence-corrected chi connectivity index (χ2v) is 5.33. The van der Waals surface area contributed by atoms with E-state index in [-0.39, 0.29) is 12.6 Å². The van der Waals surface area contributed by atoms with Gasteiger partial charge in [0.2, 0.25) is 0 Å². The lowest BCUT2D eigenvalue weighted by Crippen LogP contribution is -2.37. The van der Waals surface area contributed by atoms with Crippen molar-refractivity contribution in [3.8, 4) is 0 Å². The van der Waals surface area contributed by atoms with Gasteiger partial charge in [0.05, 0.1) is 17.3 Å². The molecule has 6 heteroatoms. The van der Waals surface area contributed by atoms with Crippen LogP contribution in [-0.2, 0) is 6.54 Å². The Kier molecular flexibility index (Phi) is 5.39. The van der Waals surface area contributed by atoms with E-state index in [9.17, 15) is 5.11 Å². The summed E-state index contributed by atoms with van der Waals surface area (Å²) in [6.45, 7) is 1.82. The van der Waals surface area contributed by atoms with Gasteiger partial charge < -0.3 is 10.5 Å². The van der Waals surface area contributed by atoms with Crippen molar-refractivity contribution in [1.82, 2.24) is 9.88 Å². The van der Waals surface area contributed by atoms with E-state index in [0.717, 1.165) is 25.1 Å². The lowest BCUT2D eigenvalue weighted by atomic mass is 10.1. The van der Waals surface area contributed by atoms with Crippen LogP contribution >= 0.6 is 11.6 Å². The van der Waals surface area contributed by atoms with Gasteiger partial charge >= 0.3 is 0 Å². The average Bonchev–Trinajstić information content (AvgIpc) is 2.66. The number of hydrazine groups is 1. The van der Waals surface area contributed by atoms with Crippen molar-refractivity contribution in [2.45, 2.75) is 38.3 Å². The van der Waals surface area contributed by atoms with Gasteiger partial charge in [-0.3, -0.25) is 4.90 Å². The van der Waals surface area contributed by atoms with Crippen molar-refractivity contribution in [2.24, 2.45) is 5.84 Å². The number of hydrogen-bond acceptors (Lipinski definition) is 5. The molecule has 19 heavy (non-hydrogen) atoms. The van der Waals surface area contributed by atoms with Crippen LogP contribution < -0.4 is 11.3 Å². The zero-order valence-corrected chi connectivity index (χ0v) is 11.7. The summed E-state index contributed by atoms with van der Waals surface area (Å²) in [5.41, 5.74) is 3.33. The Morgan fingerprint density at radius 3 is 3.00 bits per heavy atom. The van der Waals surface area contributed by atoms with Gasteiger partial charge in [0.15, 0.2) is 0 Å². The predicted octanol–water partition coefficient (Wildman–Crippen LogP) is 1.76. The number of anilines is 1. The molecule has 2 heterocycles. The van der Waals surface area contributed by atoms with Crippen LogP contribution in [0, 0.1) is 0 Å². The third-order valence-electron chi connectivity index (χ3n) is 3.63. The predicted molar refractivity (Wildman–Crippen MR) is 76.8 cm³/mol. The van der Waals surface area contributed by atoms with Crippen LogP contribution in [0.5, 0.6) is 0 Å². The number of likely N-dealkylation sites (tertiary alicyclic amines) is 1. The Bertz CT molecular complexity index is 416. The Labute approximate surface area is 118 Å². The Morgan fingerprint density at radius 1 is 1.42 bits per heavy atom. The molecule has 106 valence electrons. The SMILES string of the molecule is NNc1ccc(Cl)c(CN2CCCCCC2CO)n1. The molecule has 0 spiro atoms. The molecule has 0 radical (unpaired) electrons. The first-order valence-electron chi connectivity index (χ1n) is 6.71. The van der Waals surface area contributed by atoms with E-state index in [2.05, 4.69) is 15.3 Å². The molecule has 5 nitrogen and oxygen atoms in total. The van der Waals surface area contributed by atoms with Crippen molar-refractivity contribution in [3.05, 3.63) is 22.8 Å². The van der Waals surface area contributed by atoms with E-state index in [1.54, 1.807) is 12.1 Å². The number of nitrogen functional groups attached to an aromatic ring is 1. The highest BCUT2D eigenvalue weighted by Gasteiger charge is 2.21. The summed E-state index contributed by atoms with van der Waals surface area (Å²) in [6, 6.07) is 3.75. The van der Waals surface area contributed by atoms with Crippen molar-refractivity contribution < 1.29 is 5.11 Å². The number of aromatic nitrogens is 1. The molecular weight excluding hydrogens is 264 g/mol. The maximum Gasteiger partial charge on any atom is 0.140 e. The summed E-state index contributed by atoms with van der Waals surface area (Å²) in [4.78, 5) is 6.66. The van der Waals surface area contributed by atoms with Gasteiger partial charge in [-0.05, 0) is 31.5 Å². The molecule has 0 aliphatic carbocycles. The van der Waals surface area contributed by atoms with E-state index in [1.165, 1.54) is 12.8 Å². The largest absolute Gasteiger partial charge is 0.395 e. The molecule has 0 amide bonds. The molecule has 1 saturated heterocycles. The van der Waals surface area contributed by atoms with E-state index < -0.39 is 0 Å². The third-order valence-corrected chi connectivity index (χ3v) is 3.97. The van der Waals surface area contributed by atoms with Gasteiger partial charge in [0.1, 0.15) is 5.82 Å². The number of rotatable bonds is 4. The summed E-state index contributed by atoms with van der Waals surface area (Å²) in [5, 5.41) is 10.1. The Balaban J connectivity index is 2.13. The smallest absolute Gasteiger partial charge is 0.140 e. The fourth-order valence-electron chi connectivity index (χ4n) is 2.52. The minimum absolute atomic E-state index is 0.187. The molecule has 1 aromatic rings. The molecule has 1 aliphatic heterocycles. The molecule has 1 atom stereocenters. The van der Waals surface area contributed by atoms with Gasteiger partial charge in [-0.25, -0.2) is 10.8 Å². The van der Waals surface area contributed by atoms with Crippen molar-refractivity contribution in [3.63, 3.8) is 0 Å². The lowest BCUT2D eigenvalue weighted by Gasteiger charge is -2.28. The van der Waals surface area contributed by atoms with Crippen molar-refractivity contribution >= 4 is 17.4 Å². The summed E-state index contributed by atoms with van der Waals surface area (Å²) in [7, 11) is 0. The second kappa shape index (κ2) is 7.05. The van der Waals surface area contributed by atoms with Crippen LogP contribution in [0.4, 0.5) is 5.82 Å². The highest BCUT2D eigenvalue weighted by molar-refractivity contribution is 6.31. The lowest BCUT2D eigenvalue weighted by molar-refractivity contribution is 0.117. The molecule has 0 bridgehead atoms. The number of aliphatic hydroxyl groups excluding tert-OH is 1. The molecule has 1 unspecified atom stereocenters. The van der Waals surface area contributed by atoms with Crippen LogP contribution in [0.15, 0.2) is 12.1 Å². The zero-order valence-electron chi connectivity index (χ0n) is 11.0. The summed E-state index contributed by atoms with van der Waals surface area (Å²) < 4.78 is 0. The van der Waals surface area contributed by atoms with Gasteiger partial charge in [-0.2, -0.15) is 0 Å². The van der Waals surface area contributed by atoms with E-state index in [1.807, 2.05) is 0 Å². The average molecular weight is 285 g/mol. The maximum absolute atomic E-state index is 9.51. The summed E-state index contributed by atoms with van der Waals surface area (Å²) in [6.07, 6.45) is 4.58. The van der Waals surface area contributed by atoms with Crippen molar-refractivity contribution in [1.29, 1.82) is 0 Å². The third kappa shape index (κ3) is 3.79. The fourth-order valence-corrected chi connectivity index (χ4v) is 2.68. The molecule has 0 aromatic carbocycles. The van der Waals surface area contributed by atoms with Gasteiger partial charge in [-0.15, -0.1) is 0 Å². The molecule has 0 saturated carbocycles. The first-order valence-corrected chi connectivity index (χ1v) is 7.09. The molecular formula is C13H21ClN4O. The van der Waals surface area contributed by atoms with E-state index in [4.69, 9.17) is 17.4 Å². The van der Waals surface area contributed by atoms with Gasteiger partial charge in [0, 0.05) is 12.6 Å². The molecule has 1 aromatic heterocycles. The maximum atomic E-state index is 9.51. The number of hydrogen-bond donors (Lipinski definition) is 3. The van der Waals surface area contributed by atoms with Gasteiger partial charge in [0.25, 0.3) is 0 Å². The molecule has 1 fully saturated rings.